The van der Waals surface area contributed by atoms with Gasteiger partial charge in [-0.05, 0) is 26.2 Å². The monoisotopic (exact) mass is 182 g/mol. The Kier molecular flexibility index (Phi) is 4.46. The lowest BCUT2D eigenvalue weighted by atomic mass is 9.98. The van der Waals surface area contributed by atoms with Gasteiger partial charge in [-0.3, -0.25) is 11.3 Å². The molecule has 0 saturated heterocycles. The van der Waals surface area contributed by atoms with Crippen LogP contribution in [0.5, 0.6) is 0 Å². The van der Waals surface area contributed by atoms with Gasteiger partial charge in [-0.1, -0.05) is 37.3 Å². The maximum absolute atomic E-state index is 5.50. The first-order valence-corrected chi connectivity index (χ1v) is 5.33. The molecule has 76 valence electrons. The van der Waals surface area contributed by atoms with E-state index in [2.05, 4.69) is 25.3 Å². The van der Waals surface area contributed by atoms with Gasteiger partial charge in [0.05, 0.1) is 0 Å². The highest BCUT2D eigenvalue weighted by Crippen LogP contribution is 2.28. The van der Waals surface area contributed by atoms with Gasteiger partial charge in [0.1, 0.15) is 0 Å². The second-order valence-corrected chi connectivity index (χ2v) is 4.40. The molecule has 1 aliphatic rings. The van der Waals surface area contributed by atoms with E-state index >= 15 is 0 Å². The predicted molar refractivity (Wildman–Crippen MR) is 57.1 cm³/mol. The van der Waals surface area contributed by atoms with Gasteiger partial charge in [0.25, 0.3) is 0 Å². The average Bonchev–Trinajstić information content (AvgIpc) is 2.55. The SMILES string of the molecule is CC(C)=CC(CC1CCCC1)NN. The molecule has 2 nitrogen and oxygen atoms in total. The maximum atomic E-state index is 5.50. The molecule has 0 aliphatic heterocycles. The molecule has 0 spiro atoms. The summed E-state index contributed by atoms with van der Waals surface area (Å²) >= 11 is 0. The molecule has 0 aromatic heterocycles. The Morgan fingerprint density at radius 3 is 2.54 bits per heavy atom. The molecular formula is C11H22N2. The molecule has 0 aromatic rings. The van der Waals surface area contributed by atoms with Gasteiger partial charge in [0.15, 0.2) is 0 Å². The van der Waals surface area contributed by atoms with Crippen LogP contribution >= 0.6 is 0 Å². The van der Waals surface area contributed by atoms with E-state index in [9.17, 15) is 0 Å². The topological polar surface area (TPSA) is 38.0 Å². The lowest BCUT2D eigenvalue weighted by molar-refractivity contribution is 0.433. The average molecular weight is 182 g/mol. The summed E-state index contributed by atoms with van der Waals surface area (Å²) in [6.07, 6.45) is 9.07. The van der Waals surface area contributed by atoms with E-state index in [1.807, 2.05) is 0 Å². The van der Waals surface area contributed by atoms with E-state index in [0.29, 0.717) is 6.04 Å². The summed E-state index contributed by atoms with van der Waals surface area (Å²) in [6.45, 7) is 4.25. The number of allylic oxidation sites excluding steroid dienone is 1. The first-order valence-electron chi connectivity index (χ1n) is 5.33. The molecule has 13 heavy (non-hydrogen) atoms. The largest absolute Gasteiger partial charge is 0.271 e. The number of hydrazine groups is 1. The fraction of sp³-hybridized carbons (Fsp3) is 0.818. The molecule has 1 fully saturated rings. The highest BCUT2D eigenvalue weighted by Gasteiger charge is 2.17. The Balaban J connectivity index is 2.34. The number of hydrogen-bond donors (Lipinski definition) is 2. The van der Waals surface area contributed by atoms with E-state index in [4.69, 9.17) is 5.84 Å². The Morgan fingerprint density at radius 1 is 1.46 bits per heavy atom. The normalized spacial score (nSPS) is 20.2. The number of hydrogen-bond acceptors (Lipinski definition) is 2. The van der Waals surface area contributed by atoms with E-state index in [1.165, 1.54) is 37.7 Å². The van der Waals surface area contributed by atoms with Crippen molar-refractivity contribution in [3.63, 3.8) is 0 Å². The molecule has 1 aliphatic carbocycles. The molecule has 0 heterocycles. The Morgan fingerprint density at radius 2 is 2.08 bits per heavy atom. The van der Waals surface area contributed by atoms with E-state index in [1.54, 1.807) is 0 Å². The van der Waals surface area contributed by atoms with Gasteiger partial charge in [0, 0.05) is 6.04 Å². The Hall–Kier alpha value is -0.340. The van der Waals surface area contributed by atoms with Gasteiger partial charge in [-0.15, -0.1) is 0 Å². The summed E-state index contributed by atoms with van der Waals surface area (Å²) in [5.41, 5.74) is 4.23. The van der Waals surface area contributed by atoms with Crippen molar-refractivity contribution in [2.45, 2.75) is 52.0 Å². The van der Waals surface area contributed by atoms with Crippen LogP contribution in [0, 0.1) is 5.92 Å². The molecule has 3 N–H and O–H groups in total. The minimum atomic E-state index is 0.382. The second kappa shape index (κ2) is 5.40. The minimum Gasteiger partial charge on any atom is -0.271 e. The minimum absolute atomic E-state index is 0.382. The van der Waals surface area contributed by atoms with Crippen molar-refractivity contribution in [3.05, 3.63) is 11.6 Å². The highest BCUT2D eigenvalue weighted by atomic mass is 15.2. The zero-order valence-electron chi connectivity index (χ0n) is 8.84. The van der Waals surface area contributed by atoms with Crippen LogP contribution in [0.1, 0.15) is 46.0 Å². The van der Waals surface area contributed by atoms with Crippen LogP contribution in [0.15, 0.2) is 11.6 Å². The summed E-state index contributed by atoms with van der Waals surface area (Å²) in [6, 6.07) is 0.382. The molecular weight excluding hydrogens is 160 g/mol. The Bertz CT molecular complexity index is 165. The van der Waals surface area contributed by atoms with Crippen molar-refractivity contribution in [2.75, 3.05) is 0 Å². The van der Waals surface area contributed by atoms with Crippen molar-refractivity contribution in [1.29, 1.82) is 0 Å². The molecule has 1 unspecified atom stereocenters. The van der Waals surface area contributed by atoms with E-state index < -0.39 is 0 Å². The lowest BCUT2D eigenvalue weighted by Gasteiger charge is -2.16. The van der Waals surface area contributed by atoms with Crippen molar-refractivity contribution in [2.24, 2.45) is 11.8 Å². The van der Waals surface area contributed by atoms with Gasteiger partial charge >= 0.3 is 0 Å². The smallest absolute Gasteiger partial charge is 0.0395 e. The number of rotatable bonds is 4. The first kappa shape index (κ1) is 10.7. The molecule has 1 saturated carbocycles. The van der Waals surface area contributed by atoms with Gasteiger partial charge in [0.2, 0.25) is 0 Å². The summed E-state index contributed by atoms with van der Waals surface area (Å²) in [4.78, 5) is 0. The fourth-order valence-electron chi connectivity index (χ4n) is 2.19. The summed E-state index contributed by atoms with van der Waals surface area (Å²) in [7, 11) is 0. The first-order chi connectivity index (χ1) is 6.22. The molecule has 1 atom stereocenters. The summed E-state index contributed by atoms with van der Waals surface area (Å²) < 4.78 is 0. The zero-order valence-corrected chi connectivity index (χ0v) is 8.84. The zero-order chi connectivity index (χ0) is 9.68. The molecule has 0 amide bonds. The molecule has 2 heteroatoms. The van der Waals surface area contributed by atoms with Crippen molar-refractivity contribution in [1.82, 2.24) is 5.43 Å². The lowest BCUT2D eigenvalue weighted by Crippen LogP contribution is -2.35. The quantitative estimate of drug-likeness (QED) is 0.398. The van der Waals surface area contributed by atoms with Crippen LogP contribution in [0.3, 0.4) is 0 Å². The van der Waals surface area contributed by atoms with Crippen LogP contribution in [0.25, 0.3) is 0 Å². The van der Waals surface area contributed by atoms with Crippen LogP contribution < -0.4 is 11.3 Å². The number of nitrogens with two attached hydrogens (primary N) is 1. The van der Waals surface area contributed by atoms with Crippen LogP contribution in [0.4, 0.5) is 0 Å². The standard InChI is InChI=1S/C11H22N2/c1-9(2)7-11(13-12)8-10-5-3-4-6-10/h7,10-11,13H,3-6,8,12H2,1-2H3. The fourth-order valence-corrected chi connectivity index (χ4v) is 2.19. The van der Waals surface area contributed by atoms with E-state index in [-0.39, 0.29) is 0 Å². The molecule has 0 bridgehead atoms. The molecule has 0 radical (unpaired) electrons. The third-order valence-electron chi connectivity index (χ3n) is 2.81. The van der Waals surface area contributed by atoms with E-state index in [0.717, 1.165) is 5.92 Å². The van der Waals surface area contributed by atoms with Crippen LogP contribution in [0.2, 0.25) is 0 Å². The Labute approximate surface area is 81.6 Å². The third-order valence-corrected chi connectivity index (χ3v) is 2.81. The van der Waals surface area contributed by atoms with Crippen molar-refractivity contribution in [3.8, 4) is 0 Å². The third kappa shape index (κ3) is 3.92. The van der Waals surface area contributed by atoms with Crippen molar-refractivity contribution < 1.29 is 0 Å². The van der Waals surface area contributed by atoms with Crippen LogP contribution in [-0.2, 0) is 0 Å². The van der Waals surface area contributed by atoms with Gasteiger partial charge in [-0.25, -0.2) is 0 Å². The maximum Gasteiger partial charge on any atom is 0.0395 e. The summed E-state index contributed by atoms with van der Waals surface area (Å²) in [5, 5.41) is 0. The van der Waals surface area contributed by atoms with Gasteiger partial charge in [-0.2, -0.15) is 0 Å². The molecule has 1 rings (SSSR count). The van der Waals surface area contributed by atoms with Gasteiger partial charge < -0.3 is 0 Å². The molecule has 0 aromatic carbocycles. The van der Waals surface area contributed by atoms with Crippen LogP contribution in [-0.4, -0.2) is 6.04 Å². The highest BCUT2D eigenvalue weighted by molar-refractivity contribution is 5.01. The number of nitrogens with one attached hydrogen (secondary N) is 1. The summed E-state index contributed by atoms with van der Waals surface area (Å²) in [5.74, 6) is 6.40. The predicted octanol–water partition coefficient (Wildman–Crippen LogP) is 2.36. The second-order valence-electron chi connectivity index (χ2n) is 4.40. The van der Waals surface area contributed by atoms with Crippen molar-refractivity contribution >= 4 is 0 Å².